The summed E-state index contributed by atoms with van der Waals surface area (Å²) in [4.78, 5) is 2.56. The first-order chi connectivity index (χ1) is 3.86. The van der Waals surface area contributed by atoms with Crippen LogP contribution in [0.2, 0.25) is 0 Å². The van der Waals surface area contributed by atoms with Gasteiger partial charge in [-0.25, -0.2) is 0 Å². The van der Waals surface area contributed by atoms with E-state index in [0.29, 0.717) is 0 Å². The first kappa shape index (κ1) is 4.80. The van der Waals surface area contributed by atoms with Gasteiger partial charge in [-0.15, -0.1) is 0 Å². The van der Waals surface area contributed by atoms with Gasteiger partial charge < -0.3 is 0 Å². The fourth-order valence-corrected chi connectivity index (χ4v) is 1.34. The molecule has 0 amide bonds. The van der Waals surface area contributed by atoms with Crippen molar-refractivity contribution < 1.29 is 0 Å². The van der Waals surface area contributed by atoms with Crippen LogP contribution < -0.4 is 0 Å². The molecule has 1 radical (unpaired) electrons. The highest BCUT2D eigenvalue weighted by atomic mass is 15.2. The lowest BCUT2D eigenvalue weighted by molar-refractivity contribution is 0.201. The molecule has 0 spiro atoms. The molecule has 1 aliphatic heterocycles. The van der Waals surface area contributed by atoms with Gasteiger partial charge in [0.05, 0.1) is 0 Å². The van der Waals surface area contributed by atoms with Gasteiger partial charge >= 0.3 is 0 Å². The summed E-state index contributed by atoms with van der Waals surface area (Å²) in [7, 11) is 0. The Hall–Kier alpha value is -0.0400. The van der Waals surface area contributed by atoms with Gasteiger partial charge in [0.2, 0.25) is 0 Å². The Labute approximate surface area is 50.7 Å². The molecule has 2 aliphatic rings. The third-order valence-corrected chi connectivity index (χ3v) is 2.01. The fraction of sp³-hybridized carbons (Fsp3) is 0.857. The minimum atomic E-state index is 0.999. The van der Waals surface area contributed by atoms with Crippen molar-refractivity contribution in [1.29, 1.82) is 0 Å². The van der Waals surface area contributed by atoms with Crippen molar-refractivity contribution in [2.75, 3.05) is 13.1 Å². The average Bonchev–Trinajstić information content (AvgIpc) is 2.37. The molecule has 8 heavy (non-hydrogen) atoms. The van der Waals surface area contributed by atoms with Crippen LogP contribution in [0, 0.1) is 5.92 Å². The monoisotopic (exact) mass is 110 g/mol. The van der Waals surface area contributed by atoms with Crippen LogP contribution in [0.25, 0.3) is 0 Å². The van der Waals surface area contributed by atoms with E-state index >= 15 is 0 Å². The summed E-state index contributed by atoms with van der Waals surface area (Å²) in [6, 6.07) is 0.999. The van der Waals surface area contributed by atoms with Gasteiger partial charge in [0.15, 0.2) is 0 Å². The van der Waals surface area contributed by atoms with Gasteiger partial charge in [0.1, 0.15) is 0 Å². The molecule has 2 fully saturated rings. The molecule has 2 rings (SSSR count). The Bertz CT molecular complexity index is 90.6. The molecule has 0 unspecified atom stereocenters. The SMILES string of the molecule is C[C]1CN(C2CC2)C1. The molecular weight excluding hydrogens is 98.1 g/mol. The molecule has 1 nitrogen and oxygen atoms in total. The maximum absolute atomic E-state index is 2.56. The van der Waals surface area contributed by atoms with Crippen LogP contribution in [-0.2, 0) is 0 Å². The van der Waals surface area contributed by atoms with Crippen molar-refractivity contribution in [2.45, 2.75) is 25.8 Å². The first-order valence-corrected chi connectivity index (χ1v) is 3.41. The second-order valence-electron chi connectivity index (χ2n) is 3.09. The highest BCUT2D eigenvalue weighted by Gasteiger charge is 2.35. The second-order valence-corrected chi connectivity index (χ2v) is 3.09. The summed E-state index contributed by atoms with van der Waals surface area (Å²) >= 11 is 0. The van der Waals surface area contributed by atoms with Crippen LogP contribution in [0.3, 0.4) is 0 Å². The molecule has 1 heterocycles. The van der Waals surface area contributed by atoms with Gasteiger partial charge in [-0.3, -0.25) is 4.90 Å². The maximum atomic E-state index is 2.56. The van der Waals surface area contributed by atoms with Crippen LogP contribution in [0.4, 0.5) is 0 Å². The van der Waals surface area contributed by atoms with Gasteiger partial charge in [0.25, 0.3) is 0 Å². The van der Waals surface area contributed by atoms with Gasteiger partial charge in [-0.2, -0.15) is 0 Å². The highest BCUT2D eigenvalue weighted by Crippen LogP contribution is 2.32. The summed E-state index contributed by atoms with van der Waals surface area (Å²) in [6.07, 6.45) is 2.93. The molecule has 1 saturated heterocycles. The van der Waals surface area contributed by atoms with Crippen molar-refractivity contribution in [2.24, 2.45) is 0 Å². The Morgan fingerprint density at radius 2 is 2.00 bits per heavy atom. The minimum Gasteiger partial charge on any atom is -0.299 e. The molecule has 0 atom stereocenters. The van der Waals surface area contributed by atoms with E-state index in [-0.39, 0.29) is 0 Å². The van der Waals surface area contributed by atoms with Crippen LogP contribution in [0.15, 0.2) is 0 Å². The summed E-state index contributed by atoms with van der Waals surface area (Å²) in [5.74, 6) is 1.66. The van der Waals surface area contributed by atoms with E-state index in [9.17, 15) is 0 Å². The number of hydrogen-bond donors (Lipinski definition) is 0. The largest absolute Gasteiger partial charge is 0.299 e. The van der Waals surface area contributed by atoms with Crippen LogP contribution in [-0.4, -0.2) is 24.0 Å². The zero-order valence-electron chi connectivity index (χ0n) is 5.35. The second kappa shape index (κ2) is 1.47. The molecule has 1 saturated carbocycles. The van der Waals surface area contributed by atoms with Crippen molar-refractivity contribution in [1.82, 2.24) is 4.90 Å². The van der Waals surface area contributed by atoms with Gasteiger partial charge in [-0.05, 0) is 12.8 Å². The molecule has 0 aromatic rings. The lowest BCUT2D eigenvalue weighted by atomic mass is 10.0. The molecule has 45 valence electrons. The van der Waals surface area contributed by atoms with Crippen molar-refractivity contribution >= 4 is 0 Å². The van der Waals surface area contributed by atoms with Crippen molar-refractivity contribution in [3.63, 3.8) is 0 Å². The predicted molar refractivity (Wildman–Crippen MR) is 33.5 cm³/mol. The summed E-state index contributed by atoms with van der Waals surface area (Å²) in [6.45, 7) is 4.84. The average molecular weight is 110 g/mol. The molecule has 0 aromatic heterocycles. The number of rotatable bonds is 1. The normalized spacial score (nSPS) is 32.6. The summed E-state index contributed by atoms with van der Waals surface area (Å²) in [5, 5.41) is 0. The maximum Gasteiger partial charge on any atom is 0.00969 e. The van der Waals surface area contributed by atoms with Crippen LogP contribution in [0.1, 0.15) is 19.8 Å². The Balaban J connectivity index is 1.78. The van der Waals surface area contributed by atoms with Gasteiger partial charge in [0, 0.05) is 25.0 Å². The molecule has 1 aliphatic carbocycles. The molecule has 1 heteroatoms. The Kier molecular flexibility index (Phi) is 0.884. The zero-order chi connectivity index (χ0) is 5.56. The lowest BCUT2D eigenvalue weighted by Crippen LogP contribution is -2.44. The predicted octanol–water partition coefficient (Wildman–Crippen LogP) is 1.06. The lowest BCUT2D eigenvalue weighted by Gasteiger charge is -2.36. The van der Waals surface area contributed by atoms with E-state index in [4.69, 9.17) is 0 Å². The molecule has 0 bridgehead atoms. The van der Waals surface area contributed by atoms with E-state index in [1.807, 2.05) is 0 Å². The van der Waals surface area contributed by atoms with E-state index in [2.05, 4.69) is 11.8 Å². The van der Waals surface area contributed by atoms with E-state index < -0.39 is 0 Å². The third-order valence-electron chi connectivity index (χ3n) is 2.01. The fourth-order valence-electron chi connectivity index (χ4n) is 1.34. The van der Waals surface area contributed by atoms with E-state index in [0.717, 1.165) is 6.04 Å². The zero-order valence-corrected chi connectivity index (χ0v) is 5.35. The van der Waals surface area contributed by atoms with Crippen LogP contribution in [0.5, 0.6) is 0 Å². The number of nitrogens with zero attached hydrogens (tertiary/aromatic N) is 1. The topological polar surface area (TPSA) is 3.24 Å². The van der Waals surface area contributed by atoms with E-state index in [1.54, 1.807) is 5.92 Å². The van der Waals surface area contributed by atoms with Crippen molar-refractivity contribution in [3.05, 3.63) is 5.92 Å². The standard InChI is InChI=1S/C7H12N/c1-6-4-8(5-6)7-2-3-7/h7H,2-5H2,1H3. The number of hydrogen-bond acceptors (Lipinski definition) is 1. The number of likely N-dealkylation sites (tertiary alicyclic amines) is 1. The Morgan fingerprint density at radius 1 is 1.38 bits per heavy atom. The van der Waals surface area contributed by atoms with E-state index in [1.165, 1.54) is 25.9 Å². The third kappa shape index (κ3) is 0.655. The molecule has 0 aromatic carbocycles. The summed E-state index contributed by atoms with van der Waals surface area (Å²) in [5.41, 5.74) is 0. The molecule has 0 N–H and O–H groups in total. The smallest absolute Gasteiger partial charge is 0.00969 e. The molecular formula is C7H12N. The highest BCUT2D eigenvalue weighted by molar-refractivity contribution is 5.06. The minimum absolute atomic E-state index is 0.999. The quantitative estimate of drug-likeness (QED) is 0.488. The summed E-state index contributed by atoms with van der Waals surface area (Å²) < 4.78 is 0. The van der Waals surface area contributed by atoms with Crippen LogP contribution >= 0.6 is 0 Å². The van der Waals surface area contributed by atoms with Gasteiger partial charge in [-0.1, -0.05) is 6.92 Å². The Morgan fingerprint density at radius 3 is 2.38 bits per heavy atom. The van der Waals surface area contributed by atoms with Crippen molar-refractivity contribution in [3.8, 4) is 0 Å². The first-order valence-electron chi connectivity index (χ1n) is 3.41.